The van der Waals surface area contributed by atoms with Crippen molar-refractivity contribution in [2.45, 2.75) is 20.3 Å². The predicted octanol–water partition coefficient (Wildman–Crippen LogP) is 3.40. The third-order valence-electron chi connectivity index (χ3n) is 3.60. The molecule has 1 N–H and O–H groups in total. The van der Waals surface area contributed by atoms with Gasteiger partial charge in [0, 0.05) is 6.07 Å². The van der Waals surface area contributed by atoms with Crippen LogP contribution in [-0.2, 0) is 11.2 Å². The van der Waals surface area contributed by atoms with Crippen molar-refractivity contribution in [3.05, 3.63) is 63.2 Å². The van der Waals surface area contributed by atoms with Crippen molar-refractivity contribution in [1.29, 1.82) is 0 Å². The molecule has 2 aromatic carbocycles. The van der Waals surface area contributed by atoms with Crippen molar-refractivity contribution in [3.8, 4) is 5.75 Å². The van der Waals surface area contributed by atoms with Crippen LogP contribution in [0.2, 0.25) is 0 Å². The lowest BCUT2D eigenvalue weighted by Gasteiger charge is -2.10. The number of rotatable bonds is 5. The van der Waals surface area contributed by atoms with Crippen LogP contribution >= 0.6 is 0 Å². The zero-order chi connectivity index (χ0) is 17.0. The maximum atomic E-state index is 12.2. The topological polar surface area (TPSA) is 81.5 Å². The smallest absolute Gasteiger partial charge is 0.274 e. The highest BCUT2D eigenvalue weighted by Crippen LogP contribution is 2.25. The van der Waals surface area contributed by atoms with E-state index in [0.29, 0.717) is 11.3 Å². The first-order chi connectivity index (χ1) is 10.9. The largest absolute Gasteiger partial charge is 0.496 e. The van der Waals surface area contributed by atoms with Gasteiger partial charge in [-0.2, -0.15) is 0 Å². The molecule has 0 spiro atoms. The molecule has 0 radical (unpaired) electrons. The number of nitrogens with one attached hydrogen (secondary N) is 1. The second kappa shape index (κ2) is 6.91. The minimum Gasteiger partial charge on any atom is -0.496 e. The lowest BCUT2D eigenvalue weighted by atomic mass is 10.1. The van der Waals surface area contributed by atoms with Crippen molar-refractivity contribution in [2.75, 3.05) is 12.4 Å². The quantitative estimate of drug-likeness (QED) is 0.677. The Morgan fingerprint density at radius 1 is 1.26 bits per heavy atom. The van der Waals surface area contributed by atoms with E-state index in [1.54, 1.807) is 26.2 Å². The van der Waals surface area contributed by atoms with E-state index in [9.17, 15) is 14.9 Å². The summed E-state index contributed by atoms with van der Waals surface area (Å²) in [7, 11) is 1.60. The van der Waals surface area contributed by atoms with Gasteiger partial charge in [0.25, 0.3) is 5.69 Å². The van der Waals surface area contributed by atoms with Gasteiger partial charge in [-0.25, -0.2) is 0 Å². The van der Waals surface area contributed by atoms with Gasteiger partial charge in [0.1, 0.15) is 5.75 Å². The second-order valence-electron chi connectivity index (χ2n) is 5.24. The number of hydrogen-bond acceptors (Lipinski definition) is 4. The number of amides is 1. The highest BCUT2D eigenvalue weighted by Gasteiger charge is 2.15. The van der Waals surface area contributed by atoms with E-state index in [0.717, 1.165) is 16.9 Å². The van der Waals surface area contributed by atoms with Crippen molar-refractivity contribution >= 4 is 17.3 Å². The summed E-state index contributed by atoms with van der Waals surface area (Å²) in [5, 5.41) is 13.7. The summed E-state index contributed by atoms with van der Waals surface area (Å²) in [4.78, 5) is 22.6. The van der Waals surface area contributed by atoms with Crippen molar-refractivity contribution < 1.29 is 14.5 Å². The molecule has 0 saturated carbocycles. The Balaban J connectivity index is 2.13. The molecular formula is C17H18N2O4. The molecule has 23 heavy (non-hydrogen) atoms. The first kappa shape index (κ1) is 16.5. The van der Waals surface area contributed by atoms with Crippen LogP contribution in [0.4, 0.5) is 11.4 Å². The van der Waals surface area contributed by atoms with Gasteiger partial charge in [-0.05, 0) is 37.1 Å². The van der Waals surface area contributed by atoms with Crippen LogP contribution in [0.25, 0.3) is 0 Å². The fourth-order valence-electron chi connectivity index (χ4n) is 2.39. The van der Waals surface area contributed by atoms with Crippen LogP contribution < -0.4 is 10.1 Å². The molecule has 2 rings (SSSR count). The summed E-state index contributed by atoms with van der Waals surface area (Å²) in [6.45, 7) is 3.52. The molecule has 0 atom stereocenters. The van der Waals surface area contributed by atoms with Crippen molar-refractivity contribution in [2.24, 2.45) is 0 Å². The molecule has 0 aromatic heterocycles. The number of nitro benzene ring substituents is 1. The van der Waals surface area contributed by atoms with Crippen LogP contribution in [0.15, 0.2) is 36.4 Å². The predicted molar refractivity (Wildman–Crippen MR) is 87.9 cm³/mol. The number of carbonyl (C=O) groups excluding carboxylic acids is 1. The van der Waals surface area contributed by atoms with Gasteiger partial charge in [-0.3, -0.25) is 14.9 Å². The molecule has 0 heterocycles. The number of hydrogen-bond donors (Lipinski definition) is 1. The van der Waals surface area contributed by atoms with Gasteiger partial charge in [0.05, 0.1) is 29.7 Å². The van der Waals surface area contributed by atoms with Gasteiger partial charge in [-0.15, -0.1) is 0 Å². The van der Waals surface area contributed by atoms with Gasteiger partial charge in [0.2, 0.25) is 5.91 Å². The molecular weight excluding hydrogens is 296 g/mol. The molecule has 0 aliphatic rings. The molecule has 1 amide bonds. The fraction of sp³-hybridized carbons (Fsp3) is 0.235. The lowest BCUT2D eigenvalue weighted by Crippen LogP contribution is -2.15. The first-order valence-electron chi connectivity index (χ1n) is 7.09. The number of anilines is 1. The summed E-state index contributed by atoms with van der Waals surface area (Å²) in [5.74, 6) is 0.543. The zero-order valence-corrected chi connectivity index (χ0v) is 13.3. The Kier molecular flexibility index (Phi) is 4.95. The standard InChI is InChI=1S/C17H18N2O4/c1-11-9-13(7-8-16(11)23-3)10-17(20)18-14-5-4-6-15(12(14)2)19(21)22/h4-9H,10H2,1-3H3,(H,18,20). The van der Waals surface area contributed by atoms with Crippen molar-refractivity contribution in [1.82, 2.24) is 0 Å². The monoisotopic (exact) mass is 314 g/mol. The van der Waals surface area contributed by atoms with Gasteiger partial charge in [0.15, 0.2) is 0 Å². The summed E-state index contributed by atoms with van der Waals surface area (Å²) in [6.07, 6.45) is 0.187. The zero-order valence-electron chi connectivity index (χ0n) is 13.3. The number of ether oxygens (including phenoxy) is 1. The maximum Gasteiger partial charge on any atom is 0.274 e. The fourth-order valence-corrected chi connectivity index (χ4v) is 2.39. The van der Waals surface area contributed by atoms with Gasteiger partial charge in [-0.1, -0.05) is 18.2 Å². The van der Waals surface area contributed by atoms with Crippen molar-refractivity contribution in [3.63, 3.8) is 0 Å². The molecule has 6 nitrogen and oxygen atoms in total. The van der Waals surface area contributed by atoms with Gasteiger partial charge >= 0.3 is 0 Å². The average molecular weight is 314 g/mol. The highest BCUT2D eigenvalue weighted by molar-refractivity contribution is 5.93. The van der Waals surface area contributed by atoms with Crippen LogP contribution in [0.3, 0.4) is 0 Å². The molecule has 0 aliphatic heterocycles. The van der Waals surface area contributed by atoms with E-state index in [-0.39, 0.29) is 18.0 Å². The number of aryl methyl sites for hydroxylation is 1. The number of nitrogens with zero attached hydrogens (tertiary/aromatic N) is 1. The van der Waals surface area contributed by atoms with Crippen LogP contribution in [0.1, 0.15) is 16.7 Å². The van der Waals surface area contributed by atoms with E-state index in [1.807, 2.05) is 25.1 Å². The normalized spacial score (nSPS) is 10.2. The molecule has 0 fully saturated rings. The molecule has 0 bridgehead atoms. The third-order valence-corrected chi connectivity index (χ3v) is 3.60. The van der Waals surface area contributed by atoms with E-state index in [2.05, 4.69) is 5.32 Å². The number of carbonyl (C=O) groups is 1. The molecule has 0 saturated heterocycles. The summed E-state index contributed by atoms with van der Waals surface area (Å²) >= 11 is 0. The SMILES string of the molecule is COc1ccc(CC(=O)Nc2cccc([N+](=O)[O-])c2C)cc1C. The van der Waals surface area contributed by atoms with Crippen LogP contribution in [-0.4, -0.2) is 17.9 Å². The van der Waals surface area contributed by atoms with E-state index >= 15 is 0 Å². The van der Waals surface area contributed by atoms with Crippen LogP contribution in [0, 0.1) is 24.0 Å². The Labute approximate surface area is 134 Å². The third kappa shape index (κ3) is 3.85. The second-order valence-corrected chi connectivity index (χ2v) is 5.24. The van der Waals surface area contributed by atoms with E-state index in [4.69, 9.17) is 4.74 Å². The first-order valence-corrected chi connectivity index (χ1v) is 7.09. The molecule has 6 heteroatoms. The number of benzene rings is 2. The van der Waals surface area contributed by atoms with Crippen LogP contribution in [0.5, 0.6) is 5.75 Å². The van der Waals surface area contributed by atoms with E-state index < -0.39 is 4.92 Å². The molecule has 0 aliphatic carbocycles. The Morgan fingerprint density at radius 3 is 2.61 bits per heavy atom. The number of methoxy groups -OCH3 is 1. The Hall–Kier alpha value is -2.89. The minimum absolute atomic E-state index is 0.0110. The average Bonchev–Trinajstić information content (AvgIpc) is 2.49. The number of nitro groups is 1. The summed E-state index contributed by atoms with van der Waals surface area (Å²) in [5.41, 5.74) is 2.68. The Morgan fingerprint density at radius 2 is 2.00 bits per heavy atom. The lowest BCUT2D eigenvalue weighted by molar-refractivity contribution is -0.385. The summed E-state index contributed by atoms with van der Waals surface area (Å²) < 4.78 is 5.19. The molecule has 0 unspecified atom stereocenters. The summed E-state index contributed by atoms with van der Waals surface area (Å²) in [6, 6.07) is 10.1. The molecule has 120 valence electrons. The van der Waals surface area contributed by atoms with E-state index in [1.165, 1.54) is 6.07 Å². The van der Waals surface area contributed by atoms with Gasteiger partial charge < -0.3 is 10.1 Å². The highest BCUT2D eigenvalue weighted by atomic mass is 16.6. The maximum absolute atomic E-state index is 12.2. The molecule has 2 aromatic rings. The Bertz CT molecular complexity index is 756. The minimum atomic E-state index is -0.460.